The lowest BCUT2D eigenvalue weighted by Gasteiger charge is -2.16. The maximum atomic E-state index is 11.4. The van der Waals surface area contributed by atoms with E-state index in [1.165, 1.54) is 0 Å². The van der Waals surface area contributed by atoms with Gasteiger partial charge in [0, 0.05) is 6.42 Å². The average Bonchev–Trinajstić information content (AvgIpc) is 2.56. The van der Waals surface area contributed by atoms with E-state index in [0.29, 0.717) is 6.42 Å². The first kappa shape index (κ1) is 11.9. The van der Waals surface area contributed by atoms with Crippen molar-refractivity contribution in [2.75, 3.05) is 5.21 Å². The molecule has 0 radical (unpaired) electrons. The molecule has 2 atom stereocenters. The highest BCUT2D eigenvalue weighted by Crippen LogP contribution is 2.31. The lowest BCUT2D eigenvalue weighted by atomic mass is 10.1. The van der Waals surface area contributed by atoms with Gasteiger partial charge in [-0.3, -0.25) is 0 Å². The fraction of sp³-hybridized carbons (Fsp3) is 0.400. The first-order valence-corrected chi connectivity index (χ1v) is 7.04. The molecular formula is C10H12ClNO3S. The Morgan fingerprint density at radius 3 is 2.81 bits per heavy atom. The van der Waals surface area contributed by atoms with Gasteiger partial charge < -0.3 is 5.11 Å². The van der Waals surface area contributed by atoms with Gasteiger partial charge in [0.15, 0.2) is 0 Å². The van der Waals surface area contributed by atoms with Crippen molar-refractivity contribution < 1.29 is 13.5 Å². The van der Waals surface area contributed by atoms with Crippen LogP contribution in [0.25, 0.3) is 0 Å². The highest BCUT2D eigenvalue weighted by atomic mass is 35.5. The number of rotatable bonds is 3. The molecule has 0 amide bonds. The molecule has 0 saturated heterocycles. The number of nitrogens with one attached hydrogen (secondary N) is 1. The van der Waals surface area contributed by atoms with Crippen molar-refractivity contribution in [1.29, 1.82) is 0 Å². The van der Waals surface area contributed by atoms with Gasteiger partial charge in [-0.25, -0.2) is 13.1 Å². The molecule has 16 heavy (non-hydrogen) atoms. The minimum absolute atomic E-state index is 0.464. The maximum Gasteiger partial charge on any atom is 0.226 e. The Morgan fingerprint density at radius 1 is 1.44 bits per heavy atom. The van der Waals surface area contributed by atoms with Crippen molar-refractivity contribution in [2.45, 2.75) is 18.6 Å². The first-order valence-electron chi connectivity index (χ1n) is 4.85. The summed E-state index contributed by atoms with van der Waals surface area (Å²) in [5.41, 5.74) is 1.79. The number of benzene rings is 1. The summed E-state index contributed by atoms with van der Waals surface area (Å²) in [5.74, 6) is 0. The van der Waals surface area contributed by atoms with E-state index >= 15 is 0 Å². The van der Waals surface area contributed by atoms with Gasteiger partial charge >= 0.3 is 0 Å². The summed E-state index contributed by atoms with van der Waals surface area (Å²) in [6.07, 6.45) is -0.263. The van der Waals surface area contributed by atoms with Crippen LogP contribution in [0.4, 0.5) is 0 Å². The molecule has 0 saturated carbocycles. The Bertz CT molecular complexity index is 489. The van der Waals surface area contributed by atoms with E-state index < -0.39 is 27.4 Å². The van der Waals surface area contributed by atoms with Gasteiger partial charge in [0.1, 0.15) is 5.21 Å². The highest BCUT2D eigenvalue weighted by molar-refractivity contribution is 7.90. The number of fused-ring (bicyclic) bond motifs is 1. The molecule has 0 spiro atoms. The molecule has 0 aliphatic heterocycles. The number of halogens is 1. The fourth-order valence-electron chi connectivity index (χ4n) is 1.94. The van der Waals surface area contributed by atoms with Crippen LogP contribution in [-0.2, 0) is 16.4 Å². The predicted molar refractivity (Wildman–Crippen MR) is 61.7 cm³/mol. The van der Waals surface area contributed by atoms with Gasteiger partial charge in [-0.2, -0.15) is 0 Å². The SMILES string of the molecule is O=S(=O)(CCl)N[C@@H]1c2ccccc2C[C@@H]1O. The van der Waals surface area contributed by atoms with Crippen molar-refractivity contribution in [2.24, 2.45) is 0 Å². The summed E-state index contributed by atoms with van der Waals surface area (Å²) >= 11 is 5.31. The summed E-state index contributed by atoms with van der Waals surface area (Å²) in [6.45, 7) is 0. The molecule has 0 fully saturated rings. The van der Waals surface area contributed by atoms with E-state index in [4.69, 9.17) is 11.6 Å². The molecule has 4 nitrogen and oxygen atoms in total. The highest BCUT2D eigenvalue weighted by Gasteiger charge is 2.33. The molecule has 1 aliphatic carbocycles. The molecular weight excluding hydrogens is 250 g/mol. The largest absolute Gasteiger partial charge is 0.391 e. The van der Waals surface area contributed by atoms with Crippen molar-refractivity contribution >= 4 is 21.6 Å². The predicted octanol–water partition coefficient (Wildman–Crippen LogP) is 0.760. The van der Waals surface area contributed by atoms with E-state index in [9.17, 15) is 13.5 Å². The Balaban J connectivity index is 2.30. The zero-order valence-corrected chi connectivity index (χ0v) is 10.0. The number of hydrogen-bond acceptors (Lipinski definition) is 3. The molecule has 0 heterocycles. The van der Waals surface area contributed by atoms with Crippen molar-refractivity contribution in [1.82, 2.24) is 4.72 Å². The van der Waals surface area contributed by atoms with Crippen LogP contribution in [-0.4, -0.2) is 24.8 Å². The van der Waals surface area contributed by atoms with Crippen molar-refractivity contribution in [3.63, 3.8) is 0 Å². The lowest BCUT2D eigenvalue weighted by Crippen LogP contribution is -2.34. The van der Waals surface area contributed by atoms with E-state index in [-0.39, 0.29) is 0 Å². The van der Waals surface area contributed by atoms with Gasteiger partial charge in [0.25, 0.3) is 0 Å². The monoisotopic (exact) mass is 261 g/mol. The third-order valence-electron chi connectivity index (χ3n) is 2.65. The lowest BCUT2D eigenvalue weighted by molar-refractivity contribution is 0.152. The van der Waals surface area contributed by atoms with E-state index in [1.807, 2.05) is 24.3 Å². The molecule has 0 aromatic heterocycles. The first-order chi connectivity index (χ1) is 7.53. The minimum atomic E-state index is -3.52. The van der Waals surface area contributed by atoms with Gasteiger partial charge in [-0.05, 0) is 11.1 Å². The van der Waals surface area contributed by atoms with Crippen LogP contribution in [0.1, 0.15) is 17.2 Å². The second-order valence-electron chi connectivity index (χ2n) is 3.79. The van der Waals surface area contributed by atoms with Crippen molar-refractivity contribution in [3.8, 4) is 0 Å². The minimum Gasteiger partial charge on any atom is -0.391 e. The molecule has 0 unspecified atom stereocenters. The van der Waals surface area contributed by atoms with Crippen LogP contribution in [0, 0.1) is 0 Å². The number of sulfonamides is 1. The van der Waals surface area contributed by atoms with Crippen LogP contribution >= 0.6 is 11.6 Å². The van der Waals surface area contributed by atoms with Crippen LogP contribution in [0.3, 0.4) is 0 Å². The van der Waals surface area contributed by atoms with Crippen LogP contribution < -0.4 is 4.72 Å². The summed E-state index contributed by atoms with van der Waals surface area (Å²) in [7, 11) is -3.52. The third kappa shape index (κ3) is 2.22. The number of alkyl halides is 1. The zero-order valence-electron chi connectivity index (χ0n) is 8.43. The Hall–Kier alpha value is -0.620. The second kappa shape index (κ2) is 4.33. The topological polar surface area (TPSA) is 66.4 Å². The van der Waals surface area contributed by atoms with Gasteiger partial charge in [-0.15, -0.1) is 11.6 Å². The summed E-state index contributed by atoms with van der Waals surface area (Å²) < 4.78 is 25.1. The fourth-order valence-corrected chi connectivity index (χ4v) is 2.86. The average molecular weight is 262 g/mol. The van der Waals surface area contributed by atoms with Crippen molar-refractivity contribution in [3.05, 3.63) is 35.4 Å². The second-order valence-corrected chi connectivity index (χ2v) is 6.13. The van der Waals surface area contributed by atoms with E-state index in [1.54, 1.807) is 0 Å². The smallest absolute Gasteiger partial charge is 0.226 e. The molecule has 2 N–H and O–H groups in total. The summed E-state index contributed by atoms with van der Waals surface area (Å²) in [6, 6.07) is 6.79. The van der Waals surface area contributed by atoms with Gasteiger partial charge in [0.05, 0.1) is 12.1 Å². The molecule has 2 rings (SSSR count). The van der Waals surface area contributed by atoms with Gasteiger partial charge in [-0.1, -0.05) is 24.3 Å². The molecule has 1 aliphatic rings. The van der Waals surface area contributed by atoms with E-state index in [2.05, 4.69) is 4.72 Å². The normalized spacial score (nSPS) is 24.4. The summed E-state index contributed by atoms with van der Waals surface area (Å²) in [5, 5.41) is 9.30. The van der Waals surface area contributed by atoms with Crippen LogP contribution in [0.5, 0.6) is 0 Å². The number of aliphatic hydroxyl groups is 1. The van der Waals surface area contributed by atoms with Crippen LogP contribution in [0.2, 0.25) is 0 Å². The third-order valence-corrected chi connectivity index (χ3v) is 4.42. The standard InChI is InChI=1S/C10H12ClNO3S/c11-6-16(14,15)12-10-8-4-2-1-3-7(8)5-9(10)13/h1-4,9-10,12-13H,5-6H2/t9-,10+/m0/s1. The van der Waals surface area contributed by atoms with E-state index in [0.717, 1.165) is 11.1 Å². The molecule has 88 valence electrons. The number of hydrogen-bond donors (Lipinski definition) is 2. The van der Waals surface area contributed by atoms with Gasteiger partial charge in [0.2, 0.25) is 10.0 Å². The van der Waals surface area contributed by atoms with Crippen LogP contribution in [0.15, 0.2) is 24.3 Å². The Kier molecular flexibility index (Phi) is 3.21. The molecule has 6 heteroatoms. The molecule has 1 aromatic rings. The zero-order chi connectivity index (χ0) is 11.8. The number of aliphatic hydroxyl groups excluding tert-OH is 1. The Labute approximate surface area is 99.3 Å². The quantitative estimate of drug-likeness (QED) is 0.790. The maximum absolute atomic E-state index is 11.4. The molecule has 1 aromatic carbocycles. The summed E-state index contributed by atoms with van der Waals surface area (Å²) in [4.78, 5) is 0. The Morgan fingerprint density at radius 2 is 2.12 bits per heavy atom. The molecule has 0 bridgehead atoms.